The van der Waals surface area contributed by atoms with E-state index in [4.69, 9.17) is 5.26 Å². The second-order valence-electron chi connectivity index (χ2n) is 4.21. The summed E-state index contributed by atoms with van der Waals surface area (Å²) in [4.78, 5) is 19.8. The van der Waals surface area contributed by atoms with E-state index >= 15 is 0 Å². The minimum absolute atomic E-state index is 0.191. The SMILES string of the molecule is CCC(=O)N1CCN(c2ncccc2C#N)CC1. The molecule has 0 N–H and O–H groups in total. The summed E-state index contributed by atoms with van der Waals surface area (Å²) >= 11 is 0. The van der Waals surface area contributed by atoms with Crippen LogP contribution in [0.5, 0.6) is 0 Å². The first-order valence-electron chi connectivity index (χ1n) is 6.14. The molecule has 1 aromatic heterocycles. The van der Waals surface area contributed by atoms with E-state index in [9.17, 15) is 4.79 Å². The van der Waals surface area contributed by atoms with Gasteiger partial charge in [0.15, 0.2) is 0 Å². The van der Waals surface area contributed by atoms with Crippen molar-refractivity contribution in [2.75, 3.05) is 31.1 Å². The Morgan fingerprint density at radius 3 is 2.78 bits per heavy atom. The lowest BCUT2D eigenvalue weighted by atomic mass is 10.2. The lowest BCUT2D eigenvalue weighted by molar-refractivity contribution is -0.131. The number of amides is 1. The number of aromatic nitrogens is 1. The predicted octanol–water partition coefficient (Wildman–Crippen LogP) is 1.01. The van der Waals surface area contributed by atoms with Crippen LogP contribution < -0.4 is 4.90 Å². The van der Waals surface area contributed by atoms with Gasteiger partial charge in [-0.3, -0.25) is 4.79 Å². The molecule has 94 valence electrons. The van der Waals surface area contributed by atoms with E-state index in [1.165, 1.54) is 0 Å². The van der Waals surface area contributed by atoms with Crippen molar-refractivity contribution >= 4 is 11.7 Å². The standard InChI is InChI=1S/C13H16N4O/c1-2-12(18)16-6-8-17(9-7-16)13-11(10-14)4-3-5-15-13/h3-5H,2,6-9H2,1H3. The smallest absolute Gasteiger partial charge is 0.222 e. The number of nitrogens with zero attached hydrogens (tertiary/aromatic N) is 4. The van der Waals surface area contributed by atoms with Crippen molar-refractivity contribution in [2.45, 2.75) is 13.3 Å². The van der Waals surface area contributed by atoms with Crippen LogP contribution in [0.1, 0.15) is 18.9 Å². The van der Waals surface area contributed by atoms with Gasteiger partial charge in [-0.05, 0) is 12.1 Å². The molecule has 1 aromatic rings. The largest absolute Gasteiger partial charge is 0.352 e. The Balaban J connectivity index is 2.06. The molecule has 0 radical (unpaired) electrons. The van der Waals surface area contributed by atoms with E-state index < -0.39 is 0 Å². The van der Waals surface area contributed by atoms with Crippen LogP contribution in [0.15, 0.2) is 18.3 Å². The van der Waals surface area contributed by atoms with E-state index in [1.807, 2.05) is 11.8 Å². The monoisotopic (exact) mass is 244 g/mol. The molecule has 0 aromatic carbocycles. The molecule has 0 unspecified atom stereocenters. The Morgan fingerprint density at radius 1 is 1.44 bits per heavy atom. The fourth-order valence-corrected chi connectivity index (χ4v) is 2.13. The summed E-state index contributed by atoms with van der Waals surface area (Å²) in [6.07, 6.45) is 2.24. The summed E-state index contributed by atoms with van der Waals surface area (Å²) in [6, 6.07) is 5.69. The van der Waals surface area contributed by atoms with Crippen LogP contribution in [0.25, 0.3) is 0 Å². The van der Waals surface area contributed by atoms with Crippen LogP contribution in [0.3, 0.4) is 0 Å². The number of rotatable bonds is 2. The Hall–Kier alpha value is -2.09. The number of pyridine rings is 1. The third kappa shape index (κ3) is 2.43. The Labute approximate surface area is 107 Å². The molecule has 2 rings (SSSR count). The van der Waals surface area contributed by atoms with Crippen LogP contribution in [0, 0.1) is 11.3 Å². The lowest BCUT2D eigenvalue weighted by Crippen LogP contribution is -2.49. The molecular weight excluding hydrogens is 228 g/mol. The molecule has 1 amide bonds. The van der Waals surface area contributed by atoms with Gasteiger partial charge in [-0.15, -0.1) is 0 Å². The minimum atomic E-state index is 0.191. The predicted molar refractivity (Wildman–Crippen MR) is 68.0 cm³/mol. The first-order chi connectivity index (χ1) is 8.76. The van der Waals surface area contributed by atoms with Crippen molar-refractivity contribution in [3.63, 3.8) is 0 Å². The maximum Gasteiger partial charge on any atom is 0.222 e. The minimum Gasteiger partial charge on any atom is -0.352 e. The molecule has 0 aliphatic carbocycles. The van der Waals surface area contributed by atoms with Gasteiger partial charge in [-0.1, -0.05) is 6.92 Å². The van der Waals surface area contributed by atoms with E-state index in [0.717, 1.165) is 18.9 Å². The summed E-state index contributed by atoms with van der Waals surface area (Å²) in [5.74, 6) is 0.916. The molecular formula is C13H16N4O. The van der Waals surface area contributed by atoms with Crippen LogP contribution in [0.4, 0.5) is 5.82 Å². The quantitative estimate of drug-likeness (QED) is 0.779. The molecule has 18 heavy (non-hydrogen) atoms. The summed E-state index contributed by atoms with van der Waals surface area (Å²) in [5.41, 5.74) is 0.591. The highest BCUT2D eigenvalue weighted by atomic mass is 16.2. The van der Waals surface area contributed by atoms with Crippen molar-refractivity contribution in [3.8, 4) is 6.07 Å². The topological polar surface area (TPSA) is 60.2 Å². The van der Waals surface area contributed by atoms with Gasteiger partial charge in [0.25, 0.3) is 0 Å². The zero-order valence-electron chi connectivity index (χ0n) is 10.5. The molecule has 0 atom stereocenters. The van der Waals surface area contributed by atoms with E-state index in [0.29, 0.717) is 25.1 Å². The highest BCUT2D eigenvalue weighted by molar-refractivity contribution is 5.76. The Morgan fingerprint density at radius 2 is 2.17 bits per heavy atom. The fraction of sp³-hybridized carbons (Fsp3) is 0.462. The van der Waals surface area contributed by atoms with Crippen LogP contribution in [-0.4, -0.2) is 42.0 Å². The van der Waals surface area contributed by atoms with Crippen molar-refractivity contribution in [2.24, 2.45) is 0 Å². The highest BCUT2D eigenvalue weighted by Crippen LogP contribution is 2.18. The van der Waals surface area contributed by atoms with Crippen LogP contribution in [0.2, 0.25) is 0 Å². The highest BCUT2D eigenvalue weighted by Gasteiger charge is 2.22. The average Bonchev–Trinajstić information content (AvgIpc) is 2.46. The zero-order valence-corrected chi connectivity index (χ0v) is 10.5. The second-order valence-corrected chi connectivity index (χ2v) is 4.21. The molecule has 1 aliphatic heterocycles. The number of carbonyl (C=O) groups is 1. The summed E-state index contributed by atoms with van der Waals surface area (Å²) in [7, 11) is 0. The van der Waals surface area contributed by atoms with Gasteiger partial charge in [0, 0.05) is 38.8 Å². The normalized spacial score (nSPS) is 15.3. The van der Waals surface area contributed by atoms with Gasteiger partial charge in [0.1, 0.15) is 11.9 Å². The Kier molecular flexibility index (Phi) is 3.78. The average molecular weight is 244 g/mol. The molecule has 2 heterocycles. The molecule has 1 fully saturated rings. The lowest BCUT2D eigenvalue weighted by Gasteiger charge is -2.35. The molecule has 0 saturated carbocycles. The zero-order chi connectivity index (χ0) is 13.0. The maximum atomic E-state index is 11.6. The van der Waals surface area contributed by atoms with Crippen molar-refractivity contribution < 1.29 is 4.79 Å². The first-order valence-corrected chi connectivity index (χ1v) is 6.14. The van der Waals surface area contributed by atoms with Gasteiger partial charge in [-0.25, -0.2) is 4.98 Å². The molecule has 1 saturated heterocycles. The summed E-state index contributed by atoms with van der Waals surface area (Å²) in [5, 5.41) is 9.05. The van der Waals surface area contributed by atoms with Gasteiger partial charge in [-0.2, -0.15) is 5.26 Å². The van der Waals surface area contributed by atoms with Crippen molar-refractivity contribution in [3.05, 3.63) is 23.9 Å². The number of carbonyl (C=O) groups excluding carboxylic acids is 1. The fourth-order valence-electron chi connectivity index (χ4n) is 2.13. The third-order valence-electron chi connectivity index (χ3n) is 3.14. The summed E-state index contributed by atoms with van der Waals surface area (Å²) < 4.78 is 0. The maximum absolute atomic E-state index is 11.6. The van der Waals surface area contributed by atoms with Crippen LogP contribution in [-0.2, 0) is 4.79 Å². The molecule has 0 spiro atoms. The third-order valence-corrected chi connectivity index (χ3v) is 3.14. The number of hydrogen-bond acceptors (Lipinski definition) is 4. The van der Waals surface area contributed by atoms with Gasteiger partial charge >= 0.3 is 0 Å². The van der Waals surface area contributed by atoms with Gasteiger partial charge in [0.05, 0.1) is 5.56 Å². The number of piperazine rings is 1. The Bertz CT molecular complexity index is 472. The van der Waals surface area contributed by atoms with Crippen molar-refractivity contribution in [1.82, 2.24) is 9.88 Å². The van der Waals surface area contributed by atoms with Gasteiger partial charge < -0.3 is 9.80 Å². The summed E-state index contributed by atoms with van der Waals surface area (Å²) in [6.45, 7) is 4.75. The molecule has 5 heteroatoms. The number of anilines is 1. The van der Waals surface area contributed by atoms with E-state index in [-0.39, 0.29) is 5.91 Å². The number of nitriles is 1. The molecule has 0 bridgehead atoms. The van der Waals surface area contributed by atoms with E-state index in [2.05, 4.69) is 16.0 Å². The van der Waals surface area contributed by atoms with Gasteiger partial charge in [0.2, 0.25) is 5.91 Å². The molecule has 1 aliphatic rings. The van der Waals surface area contributed by atoms with E-state index in [1.54, 1.807) is 18.3 Å². The first kappa shape index (κ1) is 12.4. The second kappa shape index (κ2) is 5.50. The van der Waals surface area contributed by atoms with Crippen LogP contribution >= 0.6 is 0 Å². The van der Waals surface area contributed by atoms with Crippen molar-refractivity contribution in [1.29, 1.82) is 5.26 Å². The molecule has 5 nitrogen and oxygen atoms in total. The number of hydrogen-bond donors (Lipinski definition) is 0.